The van der Waals surface area contributed by atoms with Crippen LogP contribution < -0.4 is 0 Å². The molecule has 0 bridgehead atoms. The van der Waals surface area contributed by atoms with E-state index in [2.05, 4.69) is 76.9 Å². The number of benzene rings is 1. The number of hydrogen-bond acceptors (Lipinski definition) is 3. The van der Waals surface area contributed by atoms with Crippen LogP contribution in [-0.2, 0) is 26.0 Å². The summed E-state index contributed by atoms with van der Waals surface area (Å²) in [5.74, 6) is 1.26. The first-order chi connectivity index (χ1) is 17.1. The highest BCUT2D eigenvalue weighted by molar-refractivity contribution is 5.86. The van der Waals surface area contributed by atoms with Crippen molar-refractivity contribution in [3.8, 4) is 0 Å². The van der Waals surface area contributed by atoms with Gasteiger partial charge < -0.3 is 19.2 Å². The van der Waals surface area contributed by atoms with E-state index in [1.165, 1.54) is 47.9 Å². The molecule has 194 valence electrons. The number of allylic oxidation sites excluding steroid dienone is 1. The zero-order chi connectivity index (χ0) is 25.1. The Hall–Kier alpha value is -1.62. The lowest BCUT2D eigenvalue weighted by molar-refractivity contribution is -0.207. The maximum atomic E-state index is 6.93. The Morgan fingerprint density at radius 3 is 2.75 bits per heavy atom. The first-order valence-electron chi connectivity index (χ1n) is 14.3. The molecule has 2 saturated carbocycles. The third-order valence-electron chi connectivity index (χ3n) is 11.6. The van der Waals surface area contributed by atoms with Gasteiger partial charge in [0.05, 0.1) is 30.5 Å². The second-order valence-electron chi connectivity index (χ2n) is 13.7. The van der Waals surface area contributed by atoms with Crippen LogP contribution in [0.25, 0.3) is 10.9 Å². The molecule has 4 heteroatoms. The van der Waals surface area contributed by atoms with Crippen molar-refractivity contribution in [2.45, 2.75) is 115 Å². The molecule has 7 rings (SSSR count). The molecule has 1 spiro atoms. The Bertz CT molecular complexity index is 1240. The number of rotatable bonds is 4. The van der Waals surface area contributed by atoms with Gasteiger partial charge in [-0.05, 0) is 88.7 Å². The molecule has 2 aliphatic heterocycles. The van der Waals surface area contributed by atoms with Gasteiger partial charge in [-0.3, -0.25) is 0 Å². The van der Waals surface area contributed by atoms with Crippen LogP contribution in [0.5, 0.6) is 0 Å². The third-order valence-corrected chi connectivity index (χ3v) is 11.6. The molecule has 3 aliphatic carbocycles. The average molecular weight is 490 g/mol. The Morgan fingerprint density at radius 2 is 1.94 bits per heavy atom. The minimum Gasteiger partial charge on any atom is -0.369 e. The number of ether oxygens (including phenoxy) is 3. The summed E-state index contributed by atoms with van der Waals surface area (Å²) >= 11 is 0. The summed E-state index contributed by atoms with van der Waals surface area (Å²) < 4.78 is 20.1. The molecule has 0 radical (unpaired) electrons. The molecule has 1 aromatic carbocycles. The van der Waals surface area contributed by atoms with Crippen LogP contribution in [0.4, 0.5) is 0 Å². The predicted molar refractivity (Wildman–Crippen MR) is 143 cm³/mol. The first-order valence-corrected chi connectivity index (χ1v) is 14.3. The van der Waals surface area contributed by atoms with Gasteiger partial charge in [0, 0.05) is 28.4 Å². The molecule has 36 heavy (non-hydrogen) atoms. The molecular formula is C32H43NO3. The number of nitrogens with one attached hydrogen (secondary N) is 1. The van der Waals surface area contributed by atoms with Gasteiger partial charge in [-0.15, -0.1) is 0 Å². The smallest absolute Gasteiger partial charge is 0.124 e. The van der Waals surface area contributed by atoms with E-state index in [1.807, 2.05) is 0 Å². The van der Waals surface area contributed by atoms with Crippen LogP contribution in [0.3, 0.4) is 0 Å². The Labute approximate surface area is 216 Å². The quantitative estimate of drug-likeness (QED) is 0.377. The summed E-state index contributed by atoms with van der Waals surface area (Å²) in [7, 11) is 0. The van der Waals surface area contributed by atoms with Gasteiger partial charge in [-0.1, -0.05) is 43.7 Å². The van der Waals surface area contributed by atoms with Crippen LogP contribution in [0, 0.1) is 17.3 Å². The van der Waals surface area contributed by atoms with Gasteiger partial charge in [-0.2, -0.15) is 0 Å². The maximum Gasteiger partial charge on any atom is 0.124 e. The van der Waals surface area contributed by atoms with Gasteiger partial charge in [0.1, 0.15) is 5.60 Å². The number of hydrogen-bond donors (Lipinski definition) is 1. The Kier molecular flexibility index (Phi) is 4.88. The van der Waals surface area contributed by atoms with E-state index in [9.17, 15) is 0 Å². The van der Waals surface area contributed by atoms with Crippen molar-refractivity contribution in [3.05, 3.63) is 47.2 Å². The monoisotopic (exact) mass is 489 g/mol. The van der Waals surface area contributed by atoms with Crippen molar-refractivity contribution in [2.75, 3.05) is 6.61 Å². The zero-order valence-electron chi connectivity index (χ0n) is 22.9. The average Bonchev–Trinajstić information content (AvgIpc) is 3.34. The van der Waals surface area contributed by atoms with Crippen molar-refractivity contribution in [2.24, 2.45) is 17.3 Å². The number of aromatic amines is 1. The highest BCUT2D eigenvalue weighted by Crippen LogP contribution is 2.73. The highest BCUT2D eigenvalue weighted by Gasteiger charge is 2.78. The molecule has 5 aliphatic rings. The highest BCUT2D eigenvalue weighted by atomic mass is 16.7. The summed E-state index contributed by atoms with van der Waals surface area (Å²) in [6.45, 7) is 14.5. The van der Waals surface area contributed by atoms with Gasteiger partial charge in [-0.25, -0.2) is 0 Å². The minimum atomic E-state index is -0.320. The summed E-state index contributed by atoms with van der Waals surface area (Å²) in [5, 5.41) is 1.44. The SMILES string of the molecule is CC(C)=CCOC(C)(C)[C@@H]1CC2OC23C2CC[C@H]4Cc5c([nH]c6ccccc56)[C@]4(C)[C@@]2(C)CC[C@@H]3O1. The Morgan fingerprint density at radius 1 is 1.14 bits per heavy atom. The predicted octanol–water partition coefficient (Wildman–Crippen LogP) is 6.86. The topological polar surface area (TPSA) is 46.8 Å². The van der Waals surface area contributed by atoms with Crippen LogP contribution >= 0.6 is 0 Å². The summed E-state index contributed by atoms with van der Waals surface area (Å²) in [5.41, 5.74) is 5.66. The fraction of sp³-hybridized carbons (Fsp3) is 0.688. The van der Waals surface area contributed by atoms with E-state index < -0.39 is 0 Å². The third kappa shape index (κ3) is 2.87. The normalized spacial score (nSPS) is 42.7. The largest absolute Gasteiger partial charge is 0.369 e. The molecule has 3 unspecified atom stereocenters. The van der Waals surface area contributed by atoms with E-state index in [-0.39, 0.29) is 34.2 Å². The fourth-order valence-electron chi connectivity index (χ4n) is 9.36. The molecule has 1 N–H and O–H groups in total. The van der Waals surface area contributed by atoms with Crippen molar-refractivity contribution < 1.29 is 14.2 Å². The van der Waals surface area contributed by atoms with E-state index in [0.29, 0.717) is 18.6 Å². The summed E-state index contributed by atoms with van der Waals surface area (Å²) in [6, 6.07) is 8.92. The lowest BCUT2D eigenvalue weighted by atomic mass is 9.43. The summed E-state index contributed by atoms with van der Waals surface area (Å²) in [6.07, 6.45) is 9.74. The molecule has 8 atom stereocenters. The number of aromatic nitrogens is 1. The molecule has 2 saturated heterocycles. The van der Waals surface area contributed by atoms with Crippen molar-refractivity contribution in [1.29, 1.82) is 0 Å². The van der Waals surface area contributed by atoms with Gasteiger partial charge in [0.2, 0.25) is 0 Å². The number of para-hydroxylation sites is 1. The number of H-pyrrole nitrogens is 1. The van der Waals surface area contributed by atoms with Gasteiger partial charge >= 0.3 is 0 Å². The molecule has 4 nitrogen and oxygen atoms in total. The van der Waals surface area contributed by atoms with Crippen LogP contribution in [-0.4, -0.2) is 41.1 Å². The van der Waals surface area contributed by atoms with Crippen LogP contribution in [0.1, 0.15) is 84.9 Å². The van der Waals surface area contributed by atoms with Crippen LogP contribution in [0.15, 0.2) is 35.9 Å². The number of fused-ring (bicyclic) bond motifs is 7. The molecule has 3 heterocycles. The Balaban J connectivity index is 1.19. The van der Waals surface area contributed by atoms with Crippen LogP contribution in [0.2, 0.25) is 0 Å². The molecule has 4 fully saturated rings. The molecule has 0 amide bonds. The maximum absolute atomic E-state index is 6.93. The minimum absolute atomic E-state index is 0.0803. The van der Waals surface area contributed by atoms with E-state index in [0.717, 1.165) is 18.8 Å². The first kappa shape index (κ1) is 23.5. The molecular weight excluding hydrogens is 446 g/mol. The van der Waals surface area contributed by atoms with E-state index in [1.54, 1.807) is 5.56 Å². The lowest BCUT2D eigenvalue weighted by Crippen LogP contribution is -2.65. The summed E-state index contributed by atoms with van der Waals surface area (Å²) in [4.78, 5) is 3.93. The molecule has 2 aromatic rings. The standard InChI is InChI=1S/C32H43NO3/c1-19(2)14-16-34-29(3,4)26-18-27-32(36-27)24-12-11-20-17-22-21-9-7-8-10-23(21)33-28(22)31(20,6)30(24,5)15-13-25(32)35-26/h7-10,14,20,24-27,33H,11-13,15-18H2,1-6H3/t20-,24?,25-,26-,27?,30-,31+,32?/m0/s1. The van der Waals surface area contributed by atoms with Crippen molar-refractivity contribution in [3.63, 3.8) is 0 Å². The zero-order valence-corrected chi connectivity index (χ0v) is 22.9. The van der Waals surface area contributed by atoms with Crippen molar-refractivity contribution in [1.82, 2.24) is 4.98 Å². The van der Waals surface area contributed by atoms with Gasteiger partial charge in [0.15, 0.2) is 0 Å². The van der Waals surface area contributed by atoms with Gasteiger partial charge in [0.25, 0.3) is 0 Å². The second-order valence-corrected chi connectivity index (χ2v) is 13.7. The molecule has 1 aromatic heterocycles. The van der Waals surface area contributed by atoms with E-state index in [4.69, 9.17) is 14.2 Å². The lowest BCUT2D eigenvalue weighted by Gasteiger charge is -2.62. The van der Waals surface area contributed by atoms with E-state index >= 15 is 0 Å². The second kappa shape index (κ2) is 7.48. The fourth-order valence-corrected chi connectivity index (χ4v) is 9.36. The number of epoxide rings is 1. The van der Waals surface area contributed by atoms with Crippen molar-refractivity contribution >= 4 is 10.9 Å².